The van der Waals surface area contributed by atoms with Gasteiger partial charge in [-0.15, -0.1) is 0 Å². The van der Waals surface area contributed by atoms with Gasteiger partial charge in [0.1, 0.15) is 0 Å². The van der Waals surface area contributed by atoms with Crippen LogP contribution in [0, 0.1) is 0 Å². The molecule has 1 atom stereocenters. The quantitative estimate of drug-likeness (QED) is 0.821. The van der Waals surface area contributed by atoms with Crippen molar-refractivity contribution in [2.45, 2.75) is 19.1 Å². The lowest BCUT2D eigenvalue weighted by molar-refractivity contribution is -0.124. The number of nitrogens with one attached hydrogen (secondary N) is 1. The largest absolute Gasteiger partial charge is 0.374 e. The maximum Gasteiger partial charge on any atom is 0.234 e. The molecule has 1 saturated heterocycles. The van der Waals surface area contributed by atoms with E-state index in [0.717, 1.165) is 26.1 Å². The van der Waals surface area contributed by atoms with Crippen LogP contribution in [-0.2, 0) is 22.5 Å². The standard InChI is InChI=1S/C16H22N4O2S/c21-16(17-5-2-14-3-9-23-13-14)12-19-7-8-22-15(10-19)11-20-6-1-4-18-20/h1,3-4,6,9,13,15H,2,5,7-8,10-12H2,(H,17,21). The summed E-state index contributed by atoms with van der Waals surface area (Å²) in [7, 11) is 0. The van der Waals surface area contributed by atoms with Crippen LogP contribution in [0.1, 0.15) is 5.56 Å². The highest BCUT2D eigenvalue weighted by Crippen LogP contribution is 2.08. The second-order valence-electron chi connectivity index (χ2n) is 5.69. The molecule has 2 aromatic rings. The molecule has 0 spiro atoms. The molecule has 7 heteroatoms. The zero-order chi connectivity index (χ0) is 15.9. The normalized spacial score (nSPS) is 18.9. The fraction of sp³-hybridized carbons (Fsp3) is 0.500. The van der Waals surface area contributed by atoms with Crippen molar-refractivity contribution in [3.05, 3.63) is 40.8 Å². The summed E-state index contributed by atoms with van der Waals surface area (Å²) in [5.74, 6) is 0.0833. The minimum absolute atomic E-state index is 0.0833. The Bertz CT molecular complexity index is 585. The molecule has 0 saturated carbocycles. The van der Waals surface area contributed by atoms with E-state index in [1.54, 1.807) is 17.5 Å². The van der Waals surface area contributed by atoms with E-state index in [1.807, 2.05) is 16.9 Å². The van der Waals surface area contributed by atoms with E-state index in [1.165, 1.54) is 5.56 Å². The summed E-state index contributed by atoms with van der Waals surface area (Å²) in [6.45, 7) is 4.07. The van der Waals surface area contributed by atoms with E-state index in [9.17, 15) is 4.79 Å². The first-order valence-electron chi connectivity index (χ1n) is 7.89. The molecule has 0 aliphatic carbocycles. The van der Waals surface area contributed by atoms with Crippen molar-refractivity contribution in [2.24, 2.45) is 0 Å². The SMILES string of the molecule is O=C(CN1CCOC(Cn2cccn2)C1)NCCc1ccsc1. The third-order valence-corrected chi connectivity index (χ3v) is 4.59. The van der Waals surface area contributed by atoms with Crippen molar-refractivity contribution in [3.63, 3.8) is 0 Å². The first-order valence-corrected chi connectivity index (χ1v) is 8.83. The predicted molar refractivity (Wildman–Crippen MR) is 89.4 cm³/mol. The number of rotatable bonds is 7. The van der Waals surface area contributed by atoms with Gasteiger partial charge in [-0.05, 0) is 34.9 Å². The Kier molecular flexibility index (Phi) is 5.79. The van der Waals surface area contributed by atoms with Gasteiger partial charge in [-0.25, -0.2) is 0 Å². The van der Waals surface area contributed by atoms with Crippen molar-refractivity contribution in [1.82, 2.24) is 20.0 Å². The number of amides is 1. The average molecular weight is 334 g/mol. The Morgan fingerprint density at radius 1 is 1.52 bits per heavy atom. The van der Waals surface area contributed by atoms with Gasteiger partial charge in [0.25, 0.3) is 0 Å². The Hall–Kier alpha value is -1.70. The highest BCUT2D eigenvalue weighted by Gasteiger charge is 2.22. The lowest BCUT2D eigenvalue weighted by atomic mass is 10.2. The second-order valence-corrected chi connectivity index (χ2v) is 6.47. The van der Waals surface area contributed by atoms with E-state index in [0.29, 0.717) is 19.7 Å². The smallest absolute Gasteiger partial charge is 0.234 e. The minimum Gasteiger partial charge on any atom is -0.374 e. The van der Waals surface area contributed by atoms with Gasteiger partial charge in [0.15, 0.2) is 0 Å². The number of morpholine rings is 1. The van der Waals surface area contributed by atoms with Crippen molar-refractivity contribution in [3.8, 4) is 0 Å². The minimum atomic E-state index is 0.0833. The summed E-state index contributed by atoms with van der Waals surface area (Å²) in [5.41, 5.74) is 1.28. The Morgan fingerprint density at radius 2 is 2.48 bits per heavy atom. The number of ether oxygens (including phenoxy) is 1. The molecule has 1 aliphatic heterocycles. The number of carbonyl (C=O) groups is 1. The summed E-state index contributed by atoms with van der Waals surface area (Å²) < 4.78 is 7.63. The maximum atomic E-state index is 12.1. The van der Waals surface area contributed by atoms with Gasteiger partial charge in [0.05, 0.1) is 25.8 Å². The summed E-state index contributed by atoms with van der Waals surface area (Å²) in [4.78, 5) is 14.2. The molecule has 23 heavy (non-hydrogen) atoms. The van der Waals surface area contributed by atoms with Crippen LogP contribution in [0.5, 0.6) is 0 Å². The topological polar surface area (TPSA) is 59.4 Å². The van der Waals surface area contributed by atoms with Crippen LogP contribution >= 0.6 is 11.3 Å². The fourth-order valence-corrected chi connectivity index (χ4v) is 3.39. The van der Waals surface area contributed by atoms with Gasteiger partial charge in [-0.3, -0.25) is 14.4 Å². The van der Waals surface area contributed by atoms with Crippen molar-refractivity contribution in [1.29, 1.82) is 0 Å². The zero-order valence-electron chi connectivity index (χ0n) is 13.1. The van der Waals surface area contributed by atoms with Gasteiger partial charge >= 0.3 is 0 Å². The molecular weight excluding hydrogens is 312 g/mol. The summed E-state index contributed by atoms with van der Waals surface area (Å²) in [5, 5.41) is 11.4. The molecule has 6 nitrogen and oxygen atoms in total. The van der Waals surface area contributed by atoms with Crippen LogP contribution in [0.2, 0.25) is 0 Å². The highest BCUT2D eigenvalue weighted by atomic mass is 32.1. The number of nitrogens with zero attached hydrogens (tertiary/aromatic N) is 3. The third kappa shape index (κ3) is 5.16. The molecule has 1 unspecified atom stereocenters. The van der Waals surface area contributed by atoms with Crippen LogP contribution in [-0.4, -0.2) is 59.5 Å². The predicted octanol–water partition coefficient (Wildman–Crippen LogP) is 1.00. The van der Waals surface area contributed by atoms with E-state index >= 15 is 0 Å². The fourth-order valence-electron chi connectivity index (χ4n) is 2.69. The van der Waals surface area contributed by atoms with Gasteiger partial charge in [-0.1, -0.05) is 0 Å². The molecule has 1 fully saturated rings. The molecule has 1 amide bonds. The molecule has 3 heterocycles. The molecule has 0 aromatic carbocycles. The van der Waals surface area contributed by atoms with Crippen molar-refractivity contribution in [2.75, 3.05) is 32.8 Å². The van der Waals surface area contributed by atoms with Crippen LogP contribution in [0.3, 0.4) is 0 Å². The summed E-state index contributed by atoms with van der Waals surface area (Å²) in [6.07, 6.45) is 4.67. The average Bonchev–Trinajstić information content (AvgIpc) is 3.21. The lowest BCUT2D eigenvalue weighted by Crippen LogP contribution is -2.48. The van der Waals surface area contributed by atoms with Gasteiger partial charge in [-0.2, -0.15) is 16.4 Å². The molecular formula is C16H22N4O2S. The van der Waals surface area contributed by atoms with E-state index in [2.05, 4.69) is 32.1 Å². The van der Waals surface area contributed by atoms with E-state index in [-0.39, 0.29) is 12.0 Å². The second kappa shape index (κ2) is 8.24. The number of aromatic nitrogens is 2. The van der Waals surface area contributed by atoms with E-state index in [4.69, 9.17) is 4.74 Å². The summed E-state index contributed by atoms with van der Waals surface area (Å²) in [6, 6.07) is 4.00. The number of hydrogen-bond acceptors (Lipinski definition) is 5. The molecule has 0 bridgehead atoms. The van der Waals surface area contributed by atoms with Crippen LogP contribution in [0.15, 0.2) is 35.3 Å². The molecule has 1 N–H and O–H groups in total. The van der Waals surface area contributed by atoms with Crippen LogP contribution in [0.25, 0.3) is 0 Å². The van der Waals surface area contributed by atoms with Crippen molar-refractivity contribution >= 4 is 17.2 Å². The van der Waals surface area contributed by atoms with Crippen LogP contribution < -0.4 is 5.32 Å². The molecule has 0 radical (unpaired) electrons. The Balaban J connectivity index is 1.37. The lowest BCUT2D eigenvalue weighted by Gasteiger charge is -2.32. The molecule has 2 aromatic heterocycles. The van der Waals surface area contributed by atoms with Gasteiger partial charge in [0.2, 0.25) is 5.91 Å². The first kappa shape index (κ1) is 16.2. The first-order chi connectivity index (χ1) is 11.3. The number of thiophene rings is 1. The van der Waals surface area contributed by atoms with E-state index < -0.39 is 0 Å². The molecule has 1 aliphatic rings. The third-order valence-electron chi connectivity index (χ3n) is 3.86. The van der Waals surface area contributed by atoms with Crippen LogP contribution in [0.4, 0.5) is 0 Å². The maximum absolute atomic E-state index is 12.1. The highest BCUT2D eigenvalue weighted by molar-refractivity contribution is 7.07. The van der Waals surface area contributed by atoms with Crippen molar-refractivity contribution < 1.29 is 9.53 Å². The Morgan fingerprint density at radius 3 is 3.26 bits per heavy atom. The molecule has 3 rings (SSSR count). The molecule has 124 valence electrons. The summed E-state index contributed by atoms with van der Waals surface area (Å²) >= 11 is 1.69. The van der Waals surface area contributed by atoms with Gasteiger partial charge in [0, 0.05) is 32.0 Å². The Labute approximate surface area is 140 Å². The van der Waals surface area contributed by atoms with Gasteiger partial charge < -0.3 is 10.1 Å². The number of hydrogen-bond donors (Lipinski definition) is 1. The zero-order valence-corrected chi connectivity index (χ0v) is 13.9. The monoisotopic (exact) mass is 334 g/mol. The number of carbonyl (C=O) groups excluding carboxylic acids is 1.